The van der Waals surface area contributed by atoms with Gasteiger partial charge in [-0.25, -0.2) is 0 Å². The van der Waals surface area contributed by atoms with Gasteiger partial charge in [-0.1, -0.05) is 27.2 Å². The van der Waals surface area contributed by atoms with Crippen LogP contribution in [-0.2, 0) is 6.54 Å². The van der Waals surface area contributed by atoms with Gasteiger partial charge in [0, 0.05) is 6.54 Å². The van der Waals surface area contributed by atoms with E-state index in [2.05, 4.69) is 70.8 Å². The van der Waals surface area contributed by atoms with Gasteiger partial charge in [-0.2, -0.15) is 5.10 Å². The second kappa shape index (κ2) is 8.80. The molecule has 0 saturated carbocycles. The largest absolute Gasteiger partial charge is 0.309 e. The van der Waals surface area contributed by atoms with Crippen molar-refractivity contribution in [3.63, 3.8) is 0 Å². The van der Waals surface area contributed by atoms with Crippen LogP contribution in [0.3, 0.4) is 0 Å². The third kappa shape index (κ3) is 5.19. The fraction of sp³-hybridized carbons (Fsp3) is 0.800. The molecule has 1 aromatic rings. The van der Waals surface area contributed by atoms with E-state index in [4.69, 9.17) is 0 Å². The molecule has 1 aromatic heterocycles. The van der Waals surface area contributed by atoms with Crippen LogP contribution in [0.2, 0.25) is 0 Å². The third-order valence-electron chi connectivity index (χ3n) is 3.71. The molecule has 0 spiro atoms. The maximum absolute atomic E-state index is 4.53. The molecule has 2 unspecified atom stereocenters. The van der Waals surface area contributed by atoms with Crippen molar-refractivity contribution in [1.29, 1.82) is 0 Å². The van der Waals surface area contributed by atoms with Crippen LogP contribution >= 0.6 is 15.9 Å². The summed E-state index contributed by atoms with van der Waals surface area (Å²) < 4.78 is 3.25. The van der Waals surface area contributed by atoms with Gasteiger partial charge in [0.2, 0.25) is 0 Å². The smallest absolute Gasteiger partial charge is 0.0696 e. The Morgan fingerprint density at radius 3 is 2.65 bits per heavy atom. The van der Waals surface area contributed by atoms with E-state index in [0.29, 0.717) is 12.0 Å². The molecular weight excluding hydrogens is 316 g/mol. The molecule has 0 aliphatic rings. The lowest BCUT2D eigenvalue weighted by Gasteiger charge is -2.23. The number of rotatable bonds is 9. The van der Waals surface area contributed by atoms with E-state index in [1.165, 1.54) is 12.1 Å². The van der Waals surface area contributed by atoms with Gasteiger partial charge in [0.15, 0.2) is 0 Å². The fourth-order valence-corrected chi connectivity index (χ4v) is 2.87. The topological polar surface area (TPSA) is 33.1 Å². The number of hydrogen-bond acceptors (Lipinski definition) is 3. The Bertz CT molecular complexity index is 389. The first kappa shape index (κ1) is 17.7. The van der Waals surface area contributed by atoms with Crippen molar-refractivity contribution in [1.82, 2.24) is 20.0 Å². The minimum absolute atomic E-state index is 0.369. The number of hydrogen-bond donors (Lipinski definition) is 1. The van der Waals surface area contributed by atoms with Crippen LogP contribution in [0.4, 0.5) is 0 Å². The van der Waals surface area contributed by atoms with Crippen molar-refractivity contribution in [3.05, 3.63) is 16.4 Å². The zero-order chi connectivity index (χ0) is 15.1. The van der Waals surface area contributed by atoms with E-state index in [0.717, 1.165) is 30.5 Å². The first-order valence-corrected chi connectivity index (χ1v) is 8.38. The molecule has 0 amide bonds. The summed E-state index contributed by atoms with van der Waals surface area (Å²) >= 11 is 3.67. The molecule has 0 saturated heterocycles. The Labute approximate surface area is 132 Å². The van der Waals surface area contributed by atoms with Crippen molar-refractivity contribution in [2.45, 2.75) is 46.2 Å². The molecule has 5 heteroatoms. The number of nitrogens with one attached hydrogen (secondary N) is 1. The lowest BCUT2D eigenvalue weighted by molar-refractivity contribution is 0.348. The predicted molar refractivity (Wildman–Crippen MR) is 89.0 cm³/mol. The summed E-state index contributed by atoms with van der Waals surface area (Å²) in [5, 5.41) is 8.14. The molecule has 0 aromatic carbocycles. The average molecular weight is 345 g/mol. The SMILES string of the molecule is CCNC(CC(C)CC)c1c(Br)cnn1CCN(C)C. The summed E-state index contributed by atoms with van der Waals surface area (Å²) in [7, 11) is 4.19. The van der Waals surface area contributed by atoms with Crippen molar-refractivity contribution >= 4 is 15.9 Å². The van der Waals surface area contributed by atoms with Crippen LogP contribution in [0.5, 0.6) is 0 Å². The average Bonchev–Trinajstić information content (AvgIpc) is 2.76. The summed E-state index contributed by atoms with van der Waals surface area (Å²) in [4.78, 5) is 2.19. The van der Waals surface area contributed by atoms with E-state index in [1.54, 1.807) is 0 Å². The number of likely N-dealkylation sites (N-methyl/N-ethyl adjacent to an activating group) is 1. The number of halogens is 1. The molecule has 1 N–H and O–H groups in total. The zero-order valence-electron chi connectivity index (χ0n) is 13.5. The van der Waals surface area contributed by atoms with Gasteiger partial charge in [-0.15, -0.1) is 0 Å². The lowest BCUT2D eigenvalue weighted by Crippen LogP contribution is -2.28. The highest BCUT2D eigenvalue weighted by Crippen LogP contribution is 2.29. The highest BCUT2D eigenvalue weighted by atomic mass is 79.9. The van der Waals surface area contributed by atoms with E-state index >= 15 is 0 Å². The molecule has 0 radical (unpaired) electrons. The first-order chi connectivity index (χ1) is 9.49. The monoisotopic (exact) mass is 344 g/mol. The van der Waals surface area contributed by atoms with Crippen LogP contribution in [0.25, 0.3) is 0 Å². The molecule has 0 aliphatic carbocycles. The Hall–Kier alpha value is -0.390. The quantitative estimate of drug-likeness (QED) is 0.746. The maximum Gasteiger partial charge on any atom is 0.0696 e. The van der Waals surface area contributed by atoms with Gasteiger partial charge >= 0.3 is 0 Å². The Kier molecular flexibility index (Phi) is 7.77. The van der Waals surface area contributed by atoms with Crippen molar-refractivity contribution in [2.75, 3.05) is 27.2 Å². The van der Waals surface area contributed by atoms with E-state index in [-0.39, 0.29) is 0 Å². The normalized spacial score (nSPS) is 14.8. The summed E-state index contributed by atoms with van der Waals surface area (Å²) in [6.45, 7) is 9.65. The van der Waals surface area contributed by atoms with Crippen molar-refractivity contribution in [2.24, 2.45) is 5.92 Å². The summed E-state index contributed by atoms with van der Waals surface area (Å²) in [6.07, 6.45) is 4.29. The summed E-state index contributed by atoms with van der Waals surface area (Å²) in [5.41, 5.74) is 1.29. The summed E-state index contributed by atoms with van der Waals surface area (Å²) in [6, 6.07) is 0.369. The molecule has 20 heavy (non-hydrogen) atoms. The first-order valence-electron chi connectivity index (χ1n) is 7.58. The van der Waals surface area contributed by atoms with Gasteiger partial charge in [0.25, 0.3) is 0 Å². The van der Waals surface area contributed by atoms with Crippen molar-refractivity contribution < 1.29 is 0 Å². The second-order valence-corrected chi connectivity index (χ2v) is 6.62. The van der Waals surface area contributed by atoms with Gasteiger partial charge in [-0.05, 0) is 48.9 Å². The molecule has 116 valence electrons. The van der Waals surface area contributed by atoms with Crippen LogP contribution < -0.4 is 5.32 Å². The molecule has 0 aliphatic heterocycles. The van der Waals surface area contributed by atoms with Gasteiger partial charge in [0.05, 0.1) is 29.0 Å². The Morgan fingerprint density at radius 2 is 2.10 bits per heavy atom. The Morgan fingerprint density at radius 1 is 1.40 bits per heavy atom. The van der Waals surface area contributed by atoms with Gasteiger partial charge in [-0.3, -0.25) is 4.68 Å². The highest BCUT2D eigenvalue weighted by molar-refractivity contribution is 9.10. The van der Waals surface area contributed by atoms with Crippen LogP contribution in [0.15, 0.2) is 10.7 Å². The molecule has 1 rings (SSSR count). The molecule has 0 bridgehead atoms. The lowest BCUT2D eigenvalue weighted by atomic mass is 9.97. The molecule has 4 nitrogen and oxygen atoms in total. The zero-order valence-corrected chi connectivity index (χ0v) is 15.1. The van der Waals surface area contributed by atoms with Crippen LogP contribution in [0, 0.1) is 5.92 Å². The molecule has 2 atom stereocenters. The maximum atomic E-state index is 4.53. The highest BCUT2D eigenvalue weighted by Gasteiger charge is 2.21. The molecule has 1 heterocycles. The molecule has 0 fully saturated rings. The Balaban J connectivity index is 2.90. The second-order valence-electron chi connectivity index (χ2n) is 5.76. The predicted octanol–water partition coefficient (Wildman–Crippen LogP) is 3.29. The van der Waals surface area contributed by atoms with Gasteiger partial charge in [0.1, 0.15) is 0 Å². The van der Waals surface area contributed by atoms with Crippen molar-refractivity contribution in [3.8, 4) is 0 Å². The van der Waals surface area contributed by atoms with E-state index in [1.807, 2.05) is 6.20 Å². The standard InChI is InChI=1S/C15H29BrN4/c1-6-12(3)10-14(17-7-2)15-13(16)11-18-20(15)9-8-19(4)5/h11-12,14,17H,6-10H2,1-5H3. The van der Waals surface area contributed by atoms with E-state index in [9.17, 15) is 0 Å². The van der Waals surface area contributed by atoms with Crippen LogP contribution in [0.1, 0.15) is 45.3 Å². The fourth-order valence-electron chi connectivity index (χ4n) is 2.30. The number of nitrogens with zero attached hydrogens (tertiary/aromatic N) is 3. The third-order valence-corrected chi connectivity index (χ3v) is 4.32. The van der Waals surface area contributed by atoms with Gasteiger partial charge < -0.3 is 10.2 Å². The van der Waals surface area contributed by atoms with Crippen LogP contribution in [-0.4, -0.2) is 41.9 Å². The molecular formula is C15H29BrN4. The minimum atomic E-state index is 0.369. The summed E-state index contributed by atoms with van der Waals surface area (Å²) in [5.74, 6) is 0.711. The number of aromatic nitrogens is 2. The van der Waals surface area contributed by atoms with E-state index < -0.39 is 0 Å². The minimum Gasteiger partial charge on any atom is -0.309 e.